The molecule has 3 unspecified atom stereocenters. The van der Waals surface area contributed by atoms with Crippen molar-refractivity contribution >= 4 is 5.96 Å². The van der Waals surface area contributed by atoms with Crippen molar-refractivity contribution in [2.75, 3.05) is 45.9 Å². The predicted octanol–water partition coefficient (Wildman–Crippen LogP) is 2.26. The van der Waals surface area contributed by atoms with E-state index in [1.165, 1.54) is 32.4 Å². The molecule has 0 saturated carbocycles. The Morgan fingerprint density at radius 2 is 2.00 bits per heavy atom. The van der Waals surface area contributed by atoms with Crippen LogP contribution in [-0.4, -0.2) is 78.9 Å². The number of likely N-dealkylation sites (tertiary alicyclic amines) is 2. The molecule has 2 heterocycles. The van der Waals surface area contributed by atoms with E-state index >= 15 is 0 Å². The van der Waals surface area contributed by atoms with Gasteiger partial charge in [-0.25, -0.2) is 0 Å². The van der Waals surface area contributed by atoms with E-state index in [9.17, 15) is 5.11 Å². The second-order valence-corrected chi connectivity index (χ2v) is 7.87. The SMILES string of the molecule is CCNC(=NCC(O)COC(C)c1ccccc1)N1CCC(N2CCCC2)C1. The highest BCUT2D eigenvalue weighted by atomic mass is 16.5. The van der Waals surface area contributed by atoms with Gasteiger partial charge in [0.1, 0.15) is 0 Å². The fourth-order valence-electron chi connectivity index (χ4n) is 4.09. The van der Waals surface area contributed by atoms with Gasteiger partial charge in [0.05, 0.1) is 25.4 Å². The van der Waals surface area contributed by atoms with Crippen molar-refractivity contribution in [2.24, 2.45) is 4.99 Å². The zero-order valence-corrected chi connectivity index (χ0v) is 17.4. The van der Waals surface area contributed by atoms with Gasteiger partial charge >= 0.3 is 0 Å². The van der Waals surface area contributed by atoms with Crippen molar-refractivity contribution in [2.45, 2.75) is 51.4 Å². The zero-order chi connectivity index (χ0) is 19.8. The maximum atomic E-state index is 10.3. The molecule has 156 valence electrons. The van der Waals surface area contributed by atoms with Crippen LogP contribution in [0.4, 0.5) is 0 Å². The number of nitrogens with one attached hydrogen (secondary N) is 1. The molecule has 0 radical (unpaired) electrons. The van der Waals surface area contributed by atoms with Crippen LogP contribution in [0.5, 0.6) is 0 Å². The first-order chi connectivity index (χ1) is 13.7. The summed E-state index contributed by atoms with van der Waals surface area (Å²) in [5, 5.41) is 13.7. The number of hydrogen-bond acceptors (Lipinski definition) is 4. The number of aliphatic hydroxyl groups excluding tert-OH is 1. The minimum atomic E-state index is -0.600. The fraction of sp³-hybridized carbons (Fsp3) is 0.682. The third-order valence-corrected chi connectivity index (χ3v) is 5.71. The van der Waals surface area contributed by atoms with Crippen molar-refractivity contribution in [3.63, 3.8) is 0 Å². The van der Waals surface area contributed by atoms with E-state index in [1.807, 2.05) is 37.3 Å². The summed E-state index contributed by atoms with van der Waals surface area (Å²) in [6.45, 7) is 10.1. The number of guanidine groups is 1. The van der Waals surface area contributed by atoms with Crippen LogP contribution in [0.2, 0.25) is 0 Å². The molecule has 2 saturated heterocycles. The maximum absolute atomic E-state index is 10.3. The second kappa shape index (κ2) is 10.8. The number of aliphatic imine (C=N–C) groups is 1. The van der Waals surface area contributed by atoms with Gasteiger partial charge in [-0.15, -0.1) is 0 Å². The van der Waals surface area contributed by atoms with Crippen molar-refractivity contribution in [1.29, 1.82) is 0 Å². The van der Waals surface area contributed by atoms with E-state index in [1.54, 1.807) is 0 Å². The molecule has 0 spiro atoms. The van der Waals surface area contributed by atoms with Crippen LogP contribution in [0, 0.1) is 0 Å². The molecule has 2 N–H and O–H groups in total. The molecule has 2 fully saturated rings. The summed E-state index contributed by atoms with van der Waals surface area (Å²) in [5.41, 5.74) is 1.12. The average molecular weight is 389 g/mol. The first-order valence-electron chi connectivity index (χ1n) is 10.8. The number of aliphatic hydroxyl groups is 1. The molecule has 6 heteroatoms. The summed E-state index contributed by atoms with van der Waals surface area (Å²) in [7, 11) is 0. The number of hydrogen-bond donors (Lipinski definition) is 2. The molecule has 1 aromatic rings. The summed E-state index contributed by atoms with van der Waals surface area (Å²) >= 11 is 0. The largest absolute Gasteiger partial charge is 0.389 e. The topological polar surface area (TPSA) is 60.3 Å². The van der Waals surface area contributed by atoms with Crippen LogP contribution in [0.1, 0.15) is 44.8 Å². The maximum Gasteiger partial charge on any atom is 0.194 e. The molecule has 1 aromatic carbocycles. The summed E-state index contributed by atoms with van der Waals surface area (Å²) in [5.74, 6) is 0.916. The van der Waals surface area contributed by atoms with Crippen molar-refractivity contribution in [3.8, 4) is 0 Å². The molecule has 0 amide bonds. The van der Waals surface area contributed by atoms with Crippen LogP contribution in [0.3, 0.4) is 0 Å². The lowest BCUT2D eigenvalue weighted by Crippen LogP contribution is -2.43. The highest BCUT2D eigenvalue weighted by Gasteiger charge is 2.30. The molecule has 2 aliphatic heterocycles. The molecular formula is C22H36N4O2. The molecule has 3 rings (SSSR count). The Bertz CT molecular complexity index is 604. The fourth-order valence-corrected chi connectivity index (χ4v) is 4.09. The Labute approximate surface area is 169 Å². The highest BCUT2D eigenvalue weighted by molar-refractivity contribution is 5.80. The lowest BCUT2D eigenvalue weighted by molar-refractivity contribution is 0.00106. The Morgan fingerprint density at radius 3 is 2.71 bits per heavy atom. The molecule has 28 heavy (non-hydrogen) atoms. The van der Waals surface area contributed by atoms with Crippen molar-refractivity contribution in [1.82, 2.24) is 15.1 Å². The van der Waals surface area contributed by atoms with E-state index in [0.29, 0.717) is 12.6 Å². The van der Waals surface area contributed by atoms with Crippen molar-refractivity contribution < 1.29 is 9.84 Å². The zero-order valence-electron chi connectivity index (χ0n) is 17.4. The third-order valence-electron chi connectivity index (χ3n) is 5.71. The first-order valence-corrected chi connectivity index (χ1v) is 10.8. The summed E-state index contributed by atoms with van der Waals surface area (Å²) in [6, 6.07) is 10.7. The van der Waals surface area contributed by atoms with E-state index in [0.717, 1.165) is 31.2 Å². The Hall–Kier alpha value is -1.63. The van der Waals surface area contributed by atoms with Gasteiger partial charge in [0.15, 0.2) is 5.96 Å². The minimum absolute atomic E-state index is 0.0344. The van der Waals surface area contributed by atoms with Crippen LogP contribution in [-0.2, 0) is 4.74 Å². The normalized spacial score (nSPS) is 23.2. The molecule has 3 atom stereocenters. The van der Waals surface area contributed by atoms with Crippen LogP contribution in [0.15, 0.2) is 35.3 Å². The number of rotatable bonds is 8. The van der Waals surface area contributed by atoms with Gasteiger partial charge in [0.25, 0.3) is 0 Å². The van der Waals surface area contributed by atoms with Gasteiger partial charge in [-0.2, -0.15) is 0 Å². The standard InChI is InChI=1S/C22H36N4O2/c1-3-23-22(26-14-11-20(16-26)25-12-7-8-13-25)24-15-21(27)17-28-18(2)19-9-5-4-6-10-19/h4-6,9-10,18,20-21,27H,3,7-8,11-17H2,1-2H3,(H,23,24). The predicted molar refractivity (Wildman–Crippen MR) is 114 cm³/mol. The van der Waals surface area contributed by atoms with E-state index in [4.69, 9.17) is 9.73 Å². The molecule has 2 aliphatic rings. The number of nitrogens with zero attached hydrogens (tertiary/aromatic N) is 3. The Kier molecular flexibility index (Phi) is 8.13. The smallest absolute Gasteiger partial charge is 0.194 e. The summed E-state index contributed by atoms with van der Waals surface area (Å²) in [6.07, 6.45) is 3.23. The molecule has 6 nitrogen and oxygen atoms in total. The highest BCUT2D eigenvalue weighted by Crippen LogP contribution is 2.20. The van der Waals surface area contributed by atoms with Gasteiger partial charge in [0.2, 0.25) is 0 Å². The lowest BCUT2D eigenvalue weighted by atomic mass is 10.1. The van der Waals surface area contributed by atoms with Crippen molar-refractivity contribution in [3.05, 3.63) is 35.9 Å². The lowest BCUT2D eigenvalue weighted by Gasteiger charge is -2.25. The van der Waals surface area contributed by atoms with E-state index in [2.05, 4.69) is 22.0 Å². The van der Waals surface area contributed by atoms with Crippen LogP contribution >= 0.6 is 0 Å². The van der Waals surface area contributed by atoms with Gasteiger partial charge in [-0.05, 0) is 51.8 Å². The minimum Gasteiger partial charge on any atom is -0.389 e. The molecule has 0 bridgehead atoms. The van der Waals surface area contributed by atoms with E-state index < -0.39 is 6.10 Å². The Morgan fingerprint density at radius 1 is 1.25 bits per heavy atom. The average Bonchev–Trinajstić information content (AvgIpc) is 3.41. The molecular weight excluding hydrogens is 352 g/mol. The van der Waals surface area contributed by atoms with Gasteiger partial charge in [-0.1, -0.05) is 30.3 Å². The van der Waals surface area contributed by atoms with Crippen LogP contribution in [0.25, 0.3) is 0 Å². The number of benzene rings is 1. The third kappa shape index (κ3) is 5.93. The Balaban J connectivity index is 1.47. The molecule has 0 aromatic heterocycles. The first kappa shape index (κ1) is 21.1. The van der Waals surface area contributed by atoms with Crippen LogP contribution < -0.4 is 5.32 Å². The monoisotopic (exact) mass is 388 g/mol. The van der Waals surface area contributed by atoms with Gasteiger partial charge in [-0.3, -0.25) is 9.89 Å². The van der Waals surface area contributed by atoms with Gasteiger partial charge < -0.3 is 20.1 Å². The van der Waals surface area contributed by atoms with Gasteiger partial charge in [0, 0.05) is 25.7 Å². The summed E-state index contributed by atoms with van der Waals surface area (Å²) < 4.78 is 5.83. The summed E-state index contributed by atoms with van der Waals surface area (Å²) in [4.78, 5) is 9.65. The second-order valence-electron chi connectivity index (χ2n) is 7.87. The molecule has 0 aliphatic carbocycles. The van der Waals surface area contributed by atoms with E-state index in [-0.39, 0.29) is 12.7 Å². The number of ether oxygens (including phenoxy) is 1. The quantitative estimate of drug-likeness (QED) is 0.528.